The molecule has 0 aromatic carbocycles. The van der Waals surface area contributed by atoms with Crippen molar-refractivity contribution in [2.45, 2.75) is 30.8 Å². The number of rotatable bonds is 0. The van der Waals surface area contributed by atoms with Crippen LogP contribution in [0.2, 0.25) is 0 Å². The predicted molar refractivity (Wildman–Crippen MR) is 38.0 cm³/mol. The summed E-state index contributed by atoms with van der Waals surface area (Å²) in [6.45, 7) is 1.29. The lowest BCUT2D eigenvalue weighted by Gasteiger charge is -2.18. The Balaban J connectivity index is 2.13. The highest BCUT2D eigenvalue weighted by Gasteiger charge is 2.47. The second-order valence-electron chi connectivity index (χ2n) is 3.40. The summed E-state index contributed by atoms with van der Waals surface area (Å²) in [6.07, 6.45) is -1.17. The van der Waals surface area contributed by atoms with E-state index in [1.807, 2.05) is 4.90 Å². The minimum atomic E-state index is -0.757. The van der Waals surface area contributed by atoms with E-state index in [9.17, 15) is 15.3 Å². The van der Waals surface area contributed by atoms with Crippen molar-refractivity contribution >= 4 is 0 Å². The SMILES string of the molecule is O[C@@H]1[C@H]2[C@H](O)CCN2C[C@@H]1O. The fourth-order valence-corrected chi connectivity index (χ4v) is 2.09. The van der Waals surface area contributed by atoms with Gasteiger partial charge in [0.05, 0.1) is 24.4 Å². The molecule has 2 rings (SSSR count). The predicted octanol–water partition coefficient (Wildman–Crippen LogP) is -1.84. The Morgan fingerprint density at radius 2 is 1.82 bits per heavy atom. The van der Waals surface area contributed by atoms with Crippen molar-refractivity contribution in [3.05, 3.63) is 0 Å². The van der Waals surface area contributed by atoms with Crippen LogP contribution in [0.25, 0.3) is 0 Å². The number of hydrogen-bond acceptors (Lipinski definition) is 4. The van der Waals surface area contributed by atoms with Gasteiger partial charge in [-0.05, 0) is 6.42 Å². The van der Waals surface area contributed by atoms with Crippen molar-refractivity contribution in [3.8, 4) is 0 Å². The molecule has 4 atom stereocenters. The van der Waals surface area contributed by atoms with Gasteiger partial charge in [-0.3, -0.25) is 4.90 Å². The van der Waals surface area contributed by atoms with Gasteiger partial charge in [0.15, 0.2) is 0 Å². The van der Waals surface area contributed by atoms with E-state index in [-0.39, 0.29) is 6.04 Å². The second kappa shape index (κ2) is 2.42. The molecule has 0 spiro atoms. The maximum absolute atomic E-state index is 9.39. The van der Waals surface area contributed by atoms with Crippen molar-refractivity contribution in [1.29, 1.82) is 0 Å². The zero-order valence-corrected chi connectivity index (χ0v) is 6.22. The van der Waals surface area contributed by atoms with Crippen LogP contribution in [0.3, 0.4) is 0 Å². The van der Waals surface area contributed by atoms with Gasteiger partial charge >= 0.3 is 0 Å². The number of hydrogen-bond donors (Lipinski definition) is 3. The first-order chi connectivity index (χ1) is 5.20. The molecule has 0 aromatic heterocycles. The van der Waals surface area contributed by atoms with Gasteiger partial charge in [0.2, 0.25) is 0 Å². The van der Waals surface area contributed by atoms with Crippen LogP contribution >= 0.6 is 0 Å². The summed E-state index contributed by atoms with van der Waals surface area (Å²) in [5.41, 5.74) is 0. The molecule has 2 aliphatic rings. The van der Waals surface area contributed by atoms with E-state index < -0.39 is 18.3 Å². The van der Waals surface area contributed by atoms with Crippen LogP contribution in [-0.4, -0.2) is 57.7 Å². The van der Waals surface area contributed by atoms with E-state index in [4.69, 9.17) is 0 Å². The third-order valence-electron chi connectivity index (χ3n) is 2.69. The zero-order valence-electron chi connectivity index (χ0n) is 6.22. The number of nitrogens with zero attached hydrogens (tertiary/aromatic N) is 1. The van der Waals surface area contributed by atoms with Crippen molar-refractivity contribution in [1.82, 2.24) is 4.90 Å². The van der Waals surface area contributed by atoms with Gasteiger partial charge in [-0.25, -0.2) is 0 Å². The maximum Gasteiger partial charge on any atom is 0.0991 e. The molecule has 2 saturated heterocycles. The summed E-state index contributed by atoms with van der Waals surface area (Å²) in [4.78, 5) is 1.94. The van der Waals surface area contributed by atoms with Crippen molar-refractivity contribution < 1.29 is 15.3 Å². The topological polar surface area (TPSA) is 63.9 Å². The number of aliphatic hydroxyl groups is 3. The Labute approximate surface area is 65.1 Å². The fourth-order valence-electron chi connectivity index (χ4n) is 2.09. The van der Waals surface area contributed by atoms with Crippen LogP contribution < -0.4 is 0 Å². The minimum Gasteiger partial charge on any atom is -0.391 e. The first kappa shape index (κ1) is 7.49. The fraction of sp³-hybridized carbons (Fsp3) is 1.00. The van der Waals surface area contributed by atoms with Crippen molar-refractivity contribution in [3.63, 3.8) is 0 Å². The highest BCUT2D eigenvalue weighted by Crippen LogP contribution is 2.28. The van der Waals surface area contributed by atoms with Crippen LogP contribution in [-0.2, 0) is 0 Å². The first-order valence-corrected chi connectivity index (χ1v) is 3.98. The van der Waals surface area contributed by atoms with Gasteiger partial charge in [0.1, 0.15) is 0 Å². The number of aliphatic hydroxyl groups excluding tert-OH is 3. The van der Waals surface area contributed by atoms with E-state index in [1.165, 1.54) is 0 Å². The quantitative estimate of drug-likeness (QED) is 0.388. The molecule has 0 unspecified atom stereocenters. The molecular formula is C7H13NO3. The molecule has 11 heavy (non-hydrogen) atoms. The van der Waals surface area contributed by atoms with E-state index in [0.29, 0.717) is 13.0 Å². The van der Waals surface area contributed by atoms with Crippen LogP contribution in [0.1, 0.15) is 6.42 Å². The molecule has 0 bridgehead atoms. The van der Waals surface area contributed by atoms with Crippen molar-refractivity contribution in [2.24, 2.45) is 0 Å². The van der Waals surface area contributed by atoms with Gasteiger partial charge in [0.25, 0.3) is 0 Å². The Hall–Kier alpha value is -0.160. The average molecular weight is 159 g/mol. The monoisotopic (exact) mass is 159 g/mol. The molecule has 0 aromatic rings. The Kier molecular flexibility index (Phi) is 1.64. The lowest BCUT2D eigenvalue weighted by Crippen LogP contribution is -2.38. The van der Waals surface area contributed by atoms with Gasteiger partial charge < -0.3 is 15.3 Å². The summed E-state index contributed by atoms with van der Waals surface area (Å²) >= 11 is 0. The highest BCUT2D eigenvalue weighted by atomic mass is 16.3. The Bertz CT molecular complexity index is 162. The standard InChI is InChI=1S/C7H13NO3/c9-4-1-2-8-3-5(10)7(11)6(4)8/h4-7,9-11H,1-3H2/t4-,5+,6-,7+/m1/s1. The molecule has 2 aliphatic heterocycles. The summed E-state index contributed by atoms with van der Waals surface area (Å²) in [6, 6.07) is -0.218. The molecule has 2 heterocycles. The van der Waals surface area contributed by atoms with Crippen LogP contribution in [0.5, 0.6) is 0 Å². The lowest BCUT2D eigenvalue weighted by atomic mass is 10.1. The molecule has 0 amide bonds. The minimum absolute atomic E-state index is 0.218. The molecule has 2 fully saturated rings. The van der Waals surface area contributed by atoms with E-state index in [0.717, 1.165) is 6.54 Å². The first-order valence-electron chi connectivity index (χ1n) is 3.98. The van der Waals surface area contributed by atoms with E-state index >= 15 is 0 Å². The average Bonchev–Trinajstić information content (AvgIpc) is 2.41. The molecule has 64 valence electrons. The van der Waals surface area contributed by atoms with Gasteiger partial charge in [-0.1, -0.05) is 0 Å². The molecule has 3 N–H and O–H groups in total. The Morgan fingerprint density at radius 1 is 1.09 bits per heavy atom. The van der Waals surface area contributed by atoms with Gasteiger partial charge in [0, 0.05) is 13.1 Å². The van der Waals surface area contributed by atoms with Gasteiger partial charge in [-0.15, -0.1) is 0 Å². The molecule has 0 saturated carbocycles. The summed E-state index contributed by atoms with van der Waals surface area (Å²) in [5, 5.41) is 28.0. The lowest BCUT2D eigenvalue weighted by molar-refractivity contribution is 0.00792. The maximum atomic E-state index is 9.39. The molecule has 0 radical (unpaired) electrons. The third kappa shape index (κ3) is 0.980. The van der Waals surface area contributed by atoms with E-state index in [1.54, 1.807) is 0 Å². The summed E-state index contributed by atoms with van der Waals surface area (Å²) in [7, 11) is 0. The smallest absolute Gasteiger partial charge is 0.0991 e. The summed E-state index contributed by atoms with van der Waals surface area (Å²) < 4.78 is 0. The van der Waals surface area contributed by atoms with Gasteiger partial charge in [-0.2, -0.15) is 0 Å². The van der Waals surface area contributed by atoms with Crippen molar-refractivity contribution in [2.75, 3.05) is 13.1 Å². The summed E-state index contributed by atoms with van der Waals surface area (Å²) in [5.74, 6) is 0. The van der Waals surface area contributed by atoms with Crippen LogP contribution in [0.4, 0.5) is 0 Å². The molecule has 4 nitrogen and oxygen atoms in total. The van der Waals surface area contributed by atoms with E-state index in [2.05, 4.69) is 0 Å². The second-order valence-corrected chi connectivity index (χ2v) is 3.40. The zero-order chi connectivity index (χ0) is 8.01. The Morgan fingerprint density at radius 3 is 2.45 bits per heavy atom. The molecule has 4 heteroatoms. The normalized spacial score (nSPS) is 51.5. The van der Waals surface area contributed by atoms with Crippen LogP contribution in [0, 0.1) is 0 Å². The largest absolute Gasteiger partial charge is 0.391 e. The molecule has 0 aliphatic carbocycles. The van der Waals surface area contributed by atoms with Crippen LogP contribution in [0.15, 0.2) is 0 Å². The highest BCUT2D eigenvalue weighted by molar-refractivity contribution is 5.01. The number of fused-ring (bicyclic) bond motifs is 1. The molecular weight excluding hydrogens is 146 g/mol. The third-order valence-corrected chi connectivity index (χ3v) is 2.69.